The minimum Gasteiger partial charge on any atom is -0.369 e. The second kappa shape index (κ2) is 3.70. The maximum absolute atomic E-state index is 11.1. The van der Waals surface area contributed by atoms with Gasteiger partial charge in [-0.05, 0) is 6.92 Å². The molecule has 0 aromatic carbocycles. The molecule has 0 rings (SSSR count). The topological polar surface area (TPSA) is 106 Å². The number of urea groups is 1. The molecule has 0 fully saturated rings. The largest absolute Gasteiger partial charge is 0.369 e. The van der Waals surface area contributed by atoms with Gasteiger partial charge in [0.25, 0.3) is 0 Å². The highest BCUT2D eigenvalue weighted by atomic mass is 16.2. The summed E-state index contributed by atoms with van der Waals surface area (Å²) >= 11 is 0. The quantitative estimate of drug-likeness (QED) is 0.504. The van der Waals surface area contributed by atoms with Crippen LogP contribution in [0.5, 0.6) is 0 Å². The van der Waals surface area contributed by atoms with E-state index in [0.29, 0.717) is 4.90 Å². The van der Waals surface area contributed by atoms with Crippen molar-refractivity contribution in [2.24, 2.45) is 17.4 Å². The zero-order valence-corrected chi connectivity index (χ0v) is 6.90. The maximum atomic E-state index is 11.1. The van der Waals surface area contributed by atoms with Crippen LogP contribution < -0.4 is 11.5 Å². The molecule has 6 nitrogen and oxygen atoms in total. The first-order chi connectivity index (χ1) is 5.37. The van der Waals surface area contributed by atoms with Crippen LogP contribution in [0.1, 0.15) is 6.92 Å². The molecule has 68 valence electrons. The minimum atomic E-state index is -1.03. The van der Waals surface area contributed by atoms with Crippen LogP contribution in [0.15, 0.2) is 0 Å². The van der Waals surface area contributed by atoms with Crippen LogP contribution in [0.2, 0.25) is 0 Å². The van der Waals surface area contributed by atoms with Crippen LogP contribution in [0.25, 0.3) is 0 Å². The Kier molecular flexibility index (Phi) is 3.21. The molecule has 6 heteroatoms. The molecular weight excluding hydrogens is 162 g/mol. The van der Waals surface area contributed by atoms with Crippen molar-refractivity contribution >= 4 is 17.8 Å². The zero-order chi connectivity index (χ0) is 9.89. The lowest BCUT2D eigenvalue weighted by Gasteiger charge is -2.14. The van der Waals surface area contributed by atoms with Gasteiger partial charge in [0.1, 0.15) is 5.92 Å². The first-order valence-electron chi connectivity index (χ1n) is 3.24. The summed E-state index contributed by atoms with van der Waals surface area (Å²) in [7, 11) is 1.18. The molecule has 0 saturated heterocycles. The molecule has 0 heterocycles. The van der Waals surface area contributed by atoms with Crippen molar-refractivity contribution in [2.75, 3.05) is 7.05 Å². The van der Waals surface area contributed by atoms with E-state index in [0.717, 1.165) is 0 Å². The number of rotatable bonds is 2. The third-order valence-electron chi connectivity index (χ3n) is 1.46. The van der Waals surface area contributed by atoms with Crippen LogP contribution in [-0.2, 0) is 9.59 Å². The normalized spacial score (nSPS) is 11.8. The second-order valence-corrected chi connectivity index (χ2v) is 2.36. The Morgan fingerprint density at radius 1 is 1.25 bits per heavy atom. The van der Waals surface area contributed by atoms with Gasteiger partial charge in [-0.15, -0.1) is 0 Å². The number of imide groups is 1. The molecule has 0 spiro atoms. The number of nitrogens with zero attached hydrogens (tertiary/aromatic N) is 1. The average molecular weight is 173 g/mol. The SMILES string of the molecule is CC(C(N)=O)C(=O)N(C)C(N)=O. The number of carbonyl (C=O) groups is 3. The molecule has 1 atom stereocenters. The van der Waals surface area contributed by atoms with E-state index in [2.05, 4.69) is 0 Å². The van der Waals surface area contributed by atoms with Gasteiger partial charge in [-0.1, -0.05) is 0 Å². The number of hydrogen-bond acceptors (Lipinski definition) is 3. The summed E-state index contributed by atoms with van der Waals surface area (Å²) < 4.78 is 0. The third kappa shape index (κ3) is 2.22. The monoisotopic (exact) mass is 173 g/mol. The number of primary amides is 2. The molecular formula is C6H11N3O3. The van der Waals surface area contributed by atoms with Crippen molar-refractivity contribution in [3.63, 3.8) is 0 Å². The Bertz CT molecular complexity index is 204. The molecule has 0 radical (unpaired) electrons. The van der Waals surface area contributed by atoms with Crippen molar-refractivity contribution in [1.82, 2.24) is 4.90 Å². The predicted octanol–water partition coefficient (Wildman–Crippen LogP) is -1.36. The third-order valence-corrected chi connectivity index (χ3v) is 1.46. The Morgan fingerprint density at radius 3 is 1.92 bits per heavy atom. The molecule has 0 aliphatic carbocycles. The van der Waals surface area contributed by atoms with Gasteiger partial charge in [0.05, 0.1) is 0 Å². The highest BCUT2D eigenvalue weighted by Gasteiger charge is 2.24. The van der Waals surface area contributed by atoms with Crippen LogP contribution >= 0.6 is 0 Å². The van der Waals surface area contributed by atoms with Crippen molar-refractivity contribution in [3.05, 3.63) is 0 Å². The summed E-state index contributed by atoms with van der Waals surface area (Å²) in [4.78, 5) is 32.6. The average Bonchev–Trinajstić information content (AvgIpc) is 2.00. The summed E-state index contributed by atoms with van der Waals surface area (Å²) in [5, 5.41) is 0. The summed E-state index contributed by atoms with van der Waals surface area (Å²) in [5.41, 5.74) is 9.63. The van der Waals surface area contributed by atoms with Crippen LogP contribution in [0.4, 0.5) is 4.79 Å². The van der Waals surface area contributed by atoms with Gasteiger partial charge in [0, 0.05) is 7.05 Å². The van der Waals surface area contributed by atoms with Crippen molar-refractivity contribution < 1.29 is 14.4 Å². The van der Waals surface area contributed by atoms with E-state index in [4.69, 9.17) is 11.5 Å². The van der Waals surface area contributed by atoms with Gasteiger partial charge in [-0.3, -0.25) is 14.5 Å². The Labute approximate surface area is 69.5 Å². The van der Waals surface area contributed by atoms with E-state index in [1.54, 1.807) is 0 Å². The number of carbonyl (C=O) groups excluding carboxylic acids is 3. The van der Waals surface area contributed by atoms with E-state index in [-0.39, 0.29) is 0 Å². The van der Waals surface area contributed by atoms with E-state index in [1.807, 2.05) is 0 Å². The summed E-state index contributed by atoms with van der Waals surface area (Å²) in [6, 6.07) is -0.909. The summed E-state index contributed by atoms with van der Waals surface area (Å²) in [5.74, 6) is -2.51. The molecule has 4 amide bonds. The fourth-order valence-corrected chi connectivity index (χ4v) is 0.521. The highest BCUT2D eigenvalue weighted by molar-refractivity contribution is 6.04. The lowest BCUT2D eigenvalue weighted by atomic mass is 10.1. The van der Waals surface area contributed by atoms with Gasteiger partial charge < -0.3 is 11.5 Å². The fraction of sp³-hybridized carbons (Fsp3) is 0.500. The molecule has 0 aromatic rings. The molecule has 4 N–H and O–H groups in total. The maximum Gasteiger partial charge on any atom is 0.321 e. The number of nitrogens with two attached hydrogens (primary N) is 2. The van der Waals surface area contributed by atoms with Crippen LogP contribution in [0.3, 0.4) is 0 Å². The van der Waals surface area contributed by atoms with Crippen LogP contribution in [0, 0.1) is 5.92 Å². The lowest BCUT2D eigenvalue weighted by Crippen LogP contribution is -2.43. The van der Waals surface area contributed by atoms with E-state index in [9.17, 15) is 14.4 Å². The molecule has 0 aromatic heterocycles. The minimum absolute atomic E-state index is 0.648. The molecule has 0 aliphatic rings. The smallest absolute Gasteiger partial charge is 0.321 e. The molecule has 1 unspecified atom stereocenters. The van der Waals surface area contributed by atoms with Crippen molar-refractivity contribution in [1.29, 1.82) is 0 Å². The Morgan fingerprint density at radius 2 is 1.67 bits per heavy atom. The van der Waals surface area contributed by atoms with Gasteiger partial charge in [0.15, 0.2) is 0 Å². The molecule has 0 bridgehead atoms. The van der Waals surface area contributed by atoms with Gasteiger partial charge >= 0.3 is 6.03 Å². The van der Waals surface area contributed by atoms with Gasteiger partial charge in [0.2, 0.25) is 11.8 Å². The fourth-order valence-electron chi connectivity index (χ4n) is 0.521. The van der Waals surface area contributed by atoms with Gasteiger partial charge in [-0.2, -0.15) is 0 Å². The van der Waals surface area contributed by atoms with E-state index >= 15 is 0 Å². The predicted molar refractivity (Wildman–Crippen MR) is 40.7 cm³/mol. The second-order valence-electron chi connectivity index (χ2n) is 2.36. The number of amides is 4. The zero-order valence-electron chi connectivity index (χ0n) is 6.90. The lowest BCUT2D eigenvalue weighted by molar-refractivity contribution is -0.137. The van der Waals surface area contributed by atoms with E-state index < -0.39 is 23.8 Å². The summed E-state index contributed by atoms with van der Waals surface area (Å²) in [6.45, 7) is 1.31. The van der Waals surface area contributed by atoms with Crippen molar-refractivity contribution in [3.8, 4) is 0 Å². The van der Waals surface area contributed by atoms with Crippen LogP contribution in [-0.4, -0.2) is 29.8 Å². The number of hydrogen-bond donors (Lipinski definition) is 2. The first-order valence-corrected chi connectivity index (χ1v) is 3.24. The molecule has 0 saturated carbocycles. The molecule has 0 aliphatic heterocycles. The standard InChI is InChI=1S/C6H11N3O3/c1-3(4(7)10)5(11)9(2)6(8)12/h3H,1-2H3,(H2,7,10)(H2,8,12). The summed E-state index contributed by atoms with van der Waals surface area (Å²) in [6.07, 6.45) is 0. The van der Waals surface area contributed by atoms with Gasteiger partial charge in [-0.25, -0.2) is 4.79 Å². The Balaban J connectivity index is 4.39. The highest BCUT2D eigenvalue weighted by Crippen LogP contribution is 1.98. The van der Waals surface area contributed by atoms with Crippen molar-refractivity contribution in [2.45, 2.75) is 6.92 Å². The van der Waals surface area contributed by atoms with E-state index in [1.165, 1.54) is 14.0 Å². The first kappa shape index (κ1) is 10.4. The Hall–Kier alpha value is -1.59. The molecule has 12 heavy (non-hydrogen) atoms.